The molecule has 1 amide bonds. The molecular formula is C32H28ClN3OS. The molecule has 190 valence electrons. The molecule has 0 aliphatic heterocycles. The van der Waals surface area contributed by atoms with Crippen LogP contribution in [-0.2, 0) is 19.4 Å². The van der Waals surface area contributed by atoms with Gasteiger partial charge in [0.15, 0.2) is 0 Å². The molecule has 4 nitrogen and oxygen atoms in total. The first-order valence-corrected chi connectivity index (χ1v) is 14.2. The second kappa shape index (κ2) is 10.6. The smallest absolute Gasteiger partial charge is 0.259 e. The summed E-state index contributed by atoms with van der Waals surface area (Å²) in [6.07, 6.45) is 6.14. The number of nitrogens with one attached hydrogen (secondary N) is 1. The second-order valence-corrected chi connectivity index (χ2v) is 11.2. The lowest BCUT2D eigenvalue weighted by Gasteiger charge is -2.12. The minimum Gasteiger partial charge on any atom is -0.340 e. The van der Waals surface area contributed by atoms with Crippen LogP contribution < -0.4 is 5.32 Å². The quantitative estimate of drug-likeness (QED) is 0.216. The fraction of sp³-hybridized carbons (Fsp3) is 0.188. The van der Waals surface area contributed by atoms with Gasteiger partial charge >= 0.3 is 0 Å². The van der Waals surface area contributed by atoms with Gasteiger partial charge in [-0.1, -0.05) is 66.2 Å². The minimum absolute atomic E-state index is 0.0828. The highest BCUT2D eigenvalue weighted by molar-refractivity contribution is 7.16. The molecule has 3 aromatic carbocycles. The van der Waals surface area contributed by atoms with E-state index in [-0.39, 0.29) is 5.91 Å². The fourth-order valence-electron chi connectivity index (χ4n) is 5.34. The van der Waals surface area contributed by atoms with Crippen LogP contribution in [0.1, 0.15) is 50.5 Å². The van der Waals surface area contributed by atoms with Gasteiger partial charge in [-0.3, -0.25) is 4.79 Å². The third kappa shape index (κ3) is 4.68. The van der Waals surface area contributed by atoms with Gasteiger partial charge in [-0.2, -0.15) is 0 Å². The highest BCUT2D eigenvalue weighted by atomic mass is 35.5. The van der Waals surface area contributed by atoms with E-state index in [4.69, 9.17) is 16.6 Å². The summed E-state index contributed by atoms with van der Waals surface area (Å²) < 4.78 is 2.29. The first-order chi connectivity index (χ1) is 18.6. The van der Waals surface area contributed by atoms with Gasteiger partial charge in [0.25, 0.3) is 5.91 Å². The van der Waals surface area contributed by atoms with Crippen LogP contribution in [0.4, 0.5) is 10.7 Å². The summed E-state index contributed by atoms with van der Waals surface area (Å²) in [5.41, 5.74) is 7.08. The number of carbonyl (C=O) groups is 1. The van der Waals surface area contributed by atoms with E-state index in [2.05, 4.69) is 47.1 Å². The molecule has 6 heteroatoms. The van der Waals surface area contributed by atoms with E-state index in [0.29, 0.717) is 6.54 Å². The molecule has 5 aromatic rings. The maximum absolute atomic E-state index is 13.5. The van der Waals surface area contributed by atoms with Crippen LogP contribution in [0, 0.1) is 6.92 Å². The van der Waals surface area contributed by atoms with E-state index in [0.717, 1.165) is 74.7 Å². The minimum atomic E-state index is -0.0828. The number of hydrogen-bond acceptors (Lipinski definition) is 3. The molecule has 0 spiro atoms. The van der Waals surface area contributed by atoms with E-state index < -0.39 is 0 Å². The fourth-order valence-corrected chi connectivity index (χ4v) is 6.76. The third-order valence-electron chi connectivity index (χ3n) is 7.29. The number of rotatable bonds is 6. The first kappa shape index (κ1) is 24.7. The molecule has 2 heterocycles. The van der Waals surface area contributed by atoms with Crippen molar-refractivity contribution in [3.05, 3.63) is 117 Å². The van der Waals surface area contributed by atoms with Crippen molar-refractivity contribution >= 4 is 56.7 Å². The number of halogens is 1. The molecule has 1 N–H and O–H groups in total. The van der Waals surface area contributed by atoms with Gasteiger partial charge in [0.05, 0.1) is 5.56 Å². The molecule has 0 atom stereocenters. The maximum Gasteiger partial charge on any atom is 0.259 e. The van der Waals surface area contributed by atoms with E-state index in [1.54, 1.807) is 11.3 Å². The Morgan fingerprint density at radius 1 is 1.00 bits per heavy atom. The Morgan fingerprint density at radius 2 is 1.74 bits per heavy atom. The summed E-state index contributed by atoms with van der Waals surface area (Å²) in [6, 6.07) is 26.0. The summed E-state index contributed by atoms with van der Waals surface area (Å²) in [5.74, 6) is -0.0828. The maximum atomic E-state index is 13.5. The summed E-state index contributed by atoms with van der Waals surface area (Å²) in [6.45, 7) is 2.80. The van der Waals surface area contributed by atoms with Crippen LogP contribution >= 0.6 is 22.9 Å². The van der Waals surface area contributed by atoms with Crippen molar-refractivity contribution in [3.8, 4) is 0 Å². The van der Waals surface area contributed by atoms with Crippen molar-refractivity contribution in [1.29, 1.82) is 0 Å². The predicted molar refractivity (Wildman–Crippen MR) is 160 cm³/mol. The number of aryl methyl sites for hydroxylation is 1. The van der Waals surface area contributed by atoms with Gasteiger partial charge in [-0.15, -0.1) is 11.3 Å². The zero-order chi connectivity index (χ0) is 26.1. The highest BCUT2D eigenvalue weighted by Gasteiger charge is 2.25. The molecular weight excluding hydrogens is 510 g/mol. The van der Waals surface area contributed by atoms with Crippen molar-refractivity contribution in [2.24, 2.45) is 4.99 Å². The number of para-hydroxylation sites is 2. The number of aliphatic imine (C=N–C) groups is 1. The lowest BCUT2D eigenvalue weighted by atomic mass is 9.95. The molecule has 2 aromatic heterocycles. The number of aromatic nitrogens is 1. The molecule has 0 saturated heterocycles. The Balaban J connectivity index is 1.40. The van der Waals surface area contributed by atoms with Crippen molar-refractivity contribution < 1.29 is 4.79 Å². The molecule has 0 fully saturated rings. The van der Waals surface area contributed by atoms with Crippen LogP contribution in [0.3, 0.4) is 0 Å². The van der Waals surface area contributed by atoms with E-state index >= 15 is 0 Å². The van der Waals surface area contributed by atoms with Crippen molar-refractivity contribution in [1.82, 2.24) is 4.57 Å². The number of hydrogen-bond donors (Lipinski definition) is 1. The third-order valence-corrected chi connectivity index (χ3v) is 8.86. The van der Waals surface area contributed by atoms with Crippen LogP contribution in [0.15, 0.2) is 83.9 Å². The SMILES string of the molecule is Cc1c(C=Nc2sc3c(c2C(=O)Nc2ccccc2)CCCC3)c2ccccc2n1Cc1ccccc1Cl. The van der Waals surface area contributed by atoms with Crippen LogP contribution in [0.5, 0.6) is 0 Å². The van der Waals surface area contributed by atoms with Crippen LogP contribution in [-0.4, -0.2) is 16.7 Å². The topological polar surface area (TPSA) is 46.4 Å². The molecule has 0 radical (unpaired) electrons. The zero-order valence-corrected chi connectivity index (χ0v) is 22.8. The molecule has 6 rings (SSSR count). The second-order valence-electron chi connectivity index (χ2n) is 9.66. The Kier molecular flexibility index (Phi) is 6.88. The number of carbonyl (C=O) groups excluding carboxylic acids is 1. The summed E-state index contributed by atoms with van der Waals surface area (Å²) in [5, 5.41) is 5.77. The van der Waals surface area contributed by atoms with Crippen molar-refractivity contribution in [2.45, 2.75) is 39.2 Å². The van der Waals surface area contributed by atoms with Gasteiger partial charge in [0, 0.05) is 50.5 Å². The Bertz CT molecular complexity index is 1670. The largest absolute Gasteiger partial charge is 0.340 e. The average Bonchev–Trinajstić information content (AvgIpc) is 3.44. The lowest BCUT2D eigenvalue weighted by Crippen LogP contribution is -2.14. The van der Waals surface area contributed by atoms with Gasteiger partial charge < -0.3 is 9.88 Å². The first-order valence-electron chi connectivity index (χ1n) is 13.0. The molecule has 38 heavy (non-hydrogen) atoms. The number of amides is 1. The van der Waals surface area contributed by atoms with E-state index in [1.165, 1.54) is 10.4 Å². The summed E-state index contributed by atoms with van der Waals surface area (Å²) in [4.78, 5) is 19.8. The average molecular weight is 538 g/mol. The van der Waals surface area contributed by atoms with Crippen LogP contribution in [0.2, 0.25) is 5.02 Å². The van der Waals surface area contributed by atoms with E-state index in [9.17, 15) is 4.79 Å². The molecule has 0 unspecified atom stereocenters. The standard InChI is InChI=1S/C32H28ClN3OS/c1-21-26(24-14-6-9-17-28(24)36(21)20-22-11-5-8-16-27(22)33)19-34-32-30(25-15-7-10-18-29(25)38-32)31(37)35-23-12-3-2-4-13-23/h2-6,8-9,11-14,16-17,19H,7,10,15,18,20H2,1H3,(H,35,37). The Morgan fingerprint density at radius 3 is 2.58 bits per heavy atom. The van der Waals surface area contributed by atoms with Gasteiger partial charge in [0.1, 0.15) is 5.00 Å². The van der Waals surface area contributed by atoms with Crippen molar-refractivity contribution in [2.75, 3.05) is 5.32 Å². The Labute approximate surface area is 231 Å². The van der Waals surface area contributed by atoms with Gasteiger partial charge in [-0.05, 0) is 68.0 Å². The van der Waals surface area contributed by atoms with E-state index in [1.807, 2.05) is 54.7 Å². The summed E-state index contributed by atoms with van der Waals surface area (Å²) >= 11 is 8.16. The highest BCUT2D eigenvalue weighted by Crippen LogP contribution is 2.40. The Hall–Kier alpha value is -3.67. The normalized spacial score (nSPS) is 13.2. The predicted octanol–water partition coefficient (Wildman–Crippen LogP) is 8.59. The molecule has 0 saturated carbocycles. The van der Waals surface area contributed by atoms with Gasteiger partial charge in [-0.25, -0.2) is 4.99 Å². The monoisotopic (exact) mass is 537 g/mol. The number of fused-ring (bicyclic) bond motifs is 2. The molecule has 0 bridgehead atoms. The number of benzene rings is 3. The number of anilines is 1. The molecule has 1 aliphatic carbocycles. The number of thiophene rings is 1. The summed E-state index contributed by atoms with van der Waals surface area (Å²) in [7, 11) is 0. The zero-order valence-electron chi connectivity index (χ0n) is 21.2. The van der Waals surface area contributed by atoms with Crippen LogP contribution in [0.25, 0.3) is 10.9 Å². The molecule has 1 aliphatic rings. The van der Waals surface area contributed by atoms with Gasteiger partial charge in [0.2, 0.25) is 0 Å². The number of nitrogens with zero attached hydrogens (tertiary/aromatic N) is 2. The lowest BCUT2D eigenvalue weighted by molar-refractivity contribution is 0.102. The van der Waals surface area contributed by atoms with Crippen molar-refractivity contribution in [3.63, 3.8) is 0 Å².